The molecule has 0 fully saturated rings. The van der Waals surface area contributed by atoms with Crippen LogP contribution in [0.4, 0.5) is 0 Å². The molecule has 4 aromatic carbocycles. The number of unbranched alkanes of at least 4 members (excludes halogenated alkanes) is 1. The summed E-state index contributed by atoms with van der Waals surface area (Å²) in [6.07, 6.45) is 5.06. The molecular formula is C28H28Br2P2Pd. The van der Waals surface area contributed by atoms with Crippen molar-refractivity contribution >= 4 is 37.1 Å². The largest absolute Gasteiger partial charge is 2.00 e. The molecule has 0 aliphatic rings. The van der Waals surface area contributed by atoms with Gasteiger partial charge in [-0.15, -0.1) is 0 Å². The van der Waals surface area contributed by atoms with Crippen LogP contribution in [0.15, 0.2) is 121 Å². The van der Waals surface area contributed by atoms with Crippen molar-refractivity contribution in [2.24, 2.45) is 0 Å². The van der Waals surface area contributed by atoms with Crippen LogP contribution in [0.25, 0.3) is 0 Å². The molecular weight excluding hydrogens is 664 g/mol. The zero-order valence-corrected chi connectivity index (χ0v) is 24.9. The van der Waals surface area contributed by atoms with E-state index in [-0.39, 0.29) is 70.2 Å². The van der Waals surface area contributed by atoms with E-state index in [4.69, 9.17) is 0 Å². The Kier molecular flexibility index (Phi) is 15.6. The molecule has 0 aromatic heterocycles. The van der Waals surface area contributed by atoms with Crippen molar-refractivity contribution in [1.82, 2.24) is 0 Å². The third kappa shape index (κ3) is 9.15. The molecule has 0 aliphatic carbocycles. The van der Waals surface area contributed by atoms with Crippen LogP contribution in [0.1, 0.15) is 12.8 Å². The molecule has 0 aliphatic heterocycles. The summed E-state index contributed by atoms with van der Waals surface area (Å²) in [6.45, 7) is 0. The number of halogens is 2. The molecule has 5 heteroatoms. The van der Waals surface area contributed by atoms with E-state index in [0.29, 0.717) is 0 Å². The fraction of sp³-hybridized carbons (Fsp3) is 0.143. The van der Waals surface area contributed by atoms with Gasteiger partial charge in [-0.3, -0.25) is 0 Å². The van der Waals surface area contributed by atoms with Crippen molar-refractivity contribution in [3.8, 4) is 0 Å². The van der Waals surface area contributed by atoms with Gasteiger partial charge in [0.1, 0.15) is 0 Å². The molecule has 4 aromatic rings. The molecule has 0 bridgehead atoms. The van der Waals surface area contributed by atoms with Crippen LogP contribution in [0.2, 0.25) is 0 Å². The monoisotopic (exact) mass is 690 g/mol. The minimum Gasteiger partial charge on any atom is -1.00 e. The van der Waals surface area contributed by atoms with Crippen LogP contribution >= 0.6 is 15.8 Å². The van der Waals surface area contributed by atoms with E-state index in [1.165, 1.54) is 46.4 Å². The maximum absolute atomic E-state index is 2.31. The summed E-state index contributed by atoms with van der Waals surface area (Å²) in [4.78, 5) is 0. The summed E-state index contributed by atoms with van der Waals surface area (Å²) in [5.74, 6) is 0. The molecule has 0 amide bonds. The van der Waals surface area contributed by atoms with Gasteiger partial charge in [-0.05, 0) is 62.2 Å². The predicted octanol–water partition coefficient (Wildman–Crippen LogP) is 0.0379. The van der Waals surface area contributed by atoms with E-state index < -0.39 is 0 Å². The van der Waals surface area contributed by atoms with E-state index in [2.05, 4.69) is 121 Å². The van der Waals surface area contributed by atoms with Gasteiger partial charge in [0.15, 0.2) is 0 Å². The van der Waals surface area contributed by atoms with Gasteiger partial charge >= 0.3 is 20.4 Å². The van der Waals surface area contributed by atoms with Gasteiger partial charge in [-0.25, -0.2) is 0 Å². The third-order valence-corrected chi connectivity index (χ3v) is 10.5. The van der Waals surface area contributed by atoms with Gasteiger partial charge in [-0.1, -0.05) is 121 Å². The molecule has 0 unspecified atom stereocenters. The first-order valence-corrected chi connectivity index (χ1v) is 13.7. The zero-order valence-electron chi connectivity index (χ0n) is 18.3. The normalized spacial score (nSPS) is 10.1. The van der Waals surface area contributed by atoms with Crippen LogP contribution in [0.5, 0.6) is 0 Å². The first-order chi connectivity index (χ1) is 14.9. The number of benzene rings is 4. The maximum atomic E-state index is 2.31. The molecule has 0 spiro atoms. The summed E-state index contributed by atoms with van der Waals surface area (Å²) in [5, 5.41) is 5.97. The van der Waals surface area contributed by atoms with Crippen molar-refractivity contribution in [3.63, 3.8) is 0 Å². The fourth-order valence-corrected chi connectivity index (χ4v) is 8.62. The second-order valence-corrected chi connectivity index (χ2v) is 12.0. The maximum Gasteiger partial charge on any atom is 2.00 e. The summed E-state index contributed by atoms with van der Waals surface area (Å²) in [6, 6.07) is 44.3. The van der Waals surface area contributed by atoms with Crippen molar-refractivity contribution in [2.75, 3.05) is 12.3 Å². The van der Waals surface area contributed by atoms with Crippen molar-refractivity contribution < 1.29 is 54.4 Å². The Hall–Kier alpha value is -0.638. The minimum absolute atomic E-state index is 0. The summed E-state index contributed by atoms with van der Waals surface area (Å²) in [5.41, 5.74) is 0. The Balaban J connectivity index is 0.00000181. The Morgan fingerprint density at radius 3 is 0.788 bits per heavy atom. The second kappa shape index (κ2) is 16.9. The quantitative estimate of drug-likeness (QED) is 0.132. The average molecular weight is 693 g/mol. The molecule has 33 heavy (non-hydrogen) atoms. The van der Waals surface area contributed by atoms with Gasteiger partial charge in [0.25, 0.3) is 0 Å². The standard InChI is InChI=1S/C28H28P2.2BrH.Pd/c1-5-15-25(16-6-1)29(26-17-7-2-8-18-26)23-13-14-24-30(27-19-9-3-10-20-27)28-21-11-4-12-22-28;;;/h1-12,15-22H,13-14,23-24H2;2*1H;/q;;;+2/p-2. The number of hydrogen-bond acceptors (Lipinski definition) is 0. The number of hydrogen-bond donors (Lipinski definition) is 0. The smallest absolute Gasteiger partial charge is 1.00 e. The first kappa shape index (κ1) is 30.4. The minimum atomic E-state index is -0.283. The Bertz CT molecular complexity index is 839. The van der Waals surface area contributed by atoms with Gasteiger partial charge in [0.2, 0.25) is 0 Å². The topological polar surface area (TPSA) is 0 Å². The van der Waals surface area contributed by atoms with Gasteiger partial charge < -0.3 is 34.0 Å². The third-order valence-electron chi connectivity index (χ3n) is 5.28. The van der Waals surface area contributed by atoms with Gasteiger partial charge in [-0.2, -0.15) is 0 Å². The van der Waals surface area contributed by atoms with Crippen LogP contribution in [-0.2, 0) is 20.4 Å². The summed E-state index contributed by atoms with van der Waals surface area (Å²) >= 11 is 0. The van der Waals surface area contributed by atoms with Crippen LogP contribution in [-0.4, -0.2) is 12.3 Å². The molecule has 0 saturated heterocycles. The molecule has 0 heterocycles. The van der Waals surface area contributed by atoms with E-state index in [1.807, 2.05) is 0 Å². The Morgan fingerprint density at radius 1 is 0.364 bits per heavy atom. The van der Waals surface area contributed by atoms with E-state index in [9.17, 15) is 0 Å². The molecule has 0 nitrogen and oxygen atoms in total. The Labute approximate surface area is 236 Å². The second-order valence-electron chi connectivity index (χ2n) is 7.35. The van der Waals surface area contributed by atoms with E-state index in [1.54, 1.807) is 0 Å². The van der Waals surface area contributed by atoms with E-state index >= 15 is 0 Å². The molecule has 174 valence electrons. The Morgan fingerprint density at radius 2 is 0.576 bits per heavy atom. The zero-order chi connectivity index (χ0) is 20.4. The van der Waals surface area contributed by atoms with Crippen LogP contribution in [0.3, 0.4) is 0 Å². The summed E-state index contributed by atoms with van der Waals surface area (Å²) < 4.78 is 0. The first-order valence-electron chi connectivity index (χ1n) is 10.7. The SMILES string of the molecule is [Br-].[Br-].[Pd+2].c1ccc(P(CCCCP(c2ccccc2)c2ccccc2)c2ccccc2)cc1. The van der Waals surface area contributed by atoms with Gasteiger partial charge in [0.05, 0.1) is 0 Å². The van der Waals surface area contributed by atoms with Crippen molar-refractivity contribution in [1.29, 1.82) is 0 Å². The molecule has 4 rings (SSSR count). The molecule has 0 N–H and O–H groups in total. The van der Waals surface area contributed by atoms with Crippen molar-refractivity contribution in [2.45, 2.75) is 12.8 Å². The van der Waals surface area contributed by atoms with Crippen LogP contribution < -0.4 is 55.2 Å². The van der Waals surface area contributed by atoms with Crippen molar-refractivity contribution in [3.05, 3.63) is 121 Å². The molecule has 0 radical (unpaired) electrons. The fourth-order valence-electron chi connectivity index (χ4n) is 3.79. The predicted molar refractivity (Wildman–Crippen MR) is 137 cm³/mol. The van der Waals surface area contributed by atoms with Crippen LogP contribution in [0, 0.1) is 0 Å². The summed E-state index contributed by atoms with van der Waals surface area (Å²) in [7, 11) is -0.566. The number of rotatable bonds is 9. The van der Waals surface area contributed by atoms with E-state index in [0.717, 1.165) is 0 Å². The molecule has 0 atom stereocenters. The average Bonchev–Trinajstić information content (AvgIpc) is 2.84. The van der Waals surface area contributed by atoms with Gasteiger partial charge in [0, 0.05) is 0 Å². The molecule has 0 saturated carbocycles.